The lowest BCUT2D eigenvalue weighted by atomic mass is 9.90. The van der Waals surface area contributed by atoms with Crippen LogP contribution >= 0.6 is 0 Å². The molecule has 0 aromatic rings. The molecule has 1 aliphatic rings. The van der Waals surface area contributed by atoms with Crippen LogP contribution in [-0.4, -0.2) is 18.5 Å². The highest BCUT2D eigenvalue weighted by Crippen LogP contribution is 2.25. The van der Waals surface area contributed by atoms with E-state index in [0.29, 0.717) is 0 Å². The van der Waals surface area contributed by atoms with Gasteiger partial charge in [0.25, 0.3) is 0 Å². The van der Waals surface area contributed by atoms with Gasteiger partial charge in [-0.3, -0.25) is 4.79 Å². The summed E-state index contributed by atoms with van der Waals surface area (Å²) in [6.45, 7) is 3.89. The van der Waals surface area contributed by atoms with Crippen LogP contribution in [0, 0.1) is 0 Å². The lowest BCUT2D eigenvalue weighted by Crippen LogP contribution is -2.37. The van der Waals surface area contributed by atoms with Crippen molar-refractivity contribution in [2.45, 2.75) is 58.0 Å². The van der Waals surface area contributed by atoms with E-state index in [1.807, 2.05) is 13.8 Å². The third-order valence-electron chi connectivity index (χ3n) is 3.44. The van der Waals surface area contributed by atoms with Crippen LogP contribution in [0.2, 0.25) is 0 Å². The van der Waals surface area contributed by atoms with Gasteiger partial charge in [0.2, 0.25) is 0 Å². The van der Waals surface area contributed by atoms with Crippen molar-refractivity contribution in [1.82, 2.24) is 0 Å². The molecule has 0 spiro atoms. The van der Waals surface area contributed by atoms with Crippen LogP contribution in [0.4, 0.5) is 0 Å². The molecule has 0 saturated carbocycles. The third-order valence-corrected chi connectivity index (χ3v) is 3.44. The molecule has 0 aromatic heterocycles. The van der Waals surface area contributed by atoms with E-state index < -0.39 is 5.60 Å². The van der Waals surface area contributed by atoms with Gasteiger partial charge >= 0.3 is 0 Å². The molecule has 2 nitrogen and oxygen atoms in total. The maximum Gasteiger partial charge on any atom is 0.189 e. The highest BCUT2D eigenvalue weighted by molar-refractivity contribution is 6.01. The van der Waals surface area contributed by atoms with E-state index in [9.17, 15) is 4.79 Å². The molecule has 0 heterocycles. The first-order valence-electron chi connectivity index (χ1n) is 5.93. The summed E-state index contributed by atoms with van der Waals surface area (Å²) in [6.07, 6.45) is 8.42. The first-order chi connectivity index (χ1) is 7.14. The summed E-state index contributed by atoms with van der Waals surface area (Å²) in [7, 11) is 1.62. The zero-order valence-corrected chi connectivity index (χ0v) is 10.1. The van der Waals surface area contributed by atoms with Crippen molar-refractivity contribution in [1.29, 1.82) is 0 Å². The highest BCUT2D eigenvalue weighted by Gasteiger charge is 2.32. The molecule has 1 aliphatic carbocycles. The molecule has 0 bridgehead atoms. The molecule has 1 unspecified atom stereocenters. The molecule has 0 fully saturated rings. The summed E-state index contributed by atoms with van der Waals surface area (Å²) in [5, 5.41) is 0. The average molecular weight is 210 g/mol. The zero-order valence-electron chi connectivity index (χ0n) is 10.1. The fourth-order valence-corrected chi connectivity index (χ4v) is 1.96. The second kappa shape index (κ2) is 5.45. The van der Waals surface area contributed by atoms with E-state index >= 15 is 0 Å². The Kier molecular flexibility index (Phi) is 4.52. The maximum atomic E-state index is 12.2. The van der Waals surface area contributed by atoms with Gasteiger partial charge in [0.15, 0.2) is 5.78 Å². The Morgan fingerprint density at radius 2 is 2.20 bits per heavy atom. The molecular weight excluding hydrogens is 188 g/mol. The van der Waals surface area contributed by atoms with E-state index in [4.69, 9.17) is 4.74 Å². The van der Waals surface area contributed by atoms with Gasteiger partial charge in [0, 0.05) is 7.11 Å². The van der Waals surface area contributed by atoms with Crippen molar-refractivity contribution >= 4 is 5.78 Å². The van der Waals surface area contributed by atoms with Crippen molar-refractivity contribution in [2.24, 2.45) is 0 Å². The molecule has 2 heteroatoms. The van der Waals surface area contributed by atoms with Crippen molar-refractivity contribution in [3.05, 3.63) is 11.6 Å². The number of ketones is 1. The lowest BCUT2D eigenvalue weighted by Gasteiger charge is -2.26. The molecule has 0 saturated heterocycles. The van der Waals surface area contributed by atoms with Gasteiger partial charge in [0.05, 0.1) is 0 Å². The highest BCUT2D eigenvalue weighted by atomic mass is 16.5. The van der Waals surface area contributed by atoms with Crippen LogP contribution in [0.15, 0.2) is 11.6 Å². The monoisotopic (exact) mass is 210 g/mol. The Morgan fingerprint density at radius 3 is 2.80 bits per heavy atom. The Morgan fingerprint density at radius 1 is 1.47 bits per heavy atom. The molecule has 1 rings (SSSR count). The molecule has 15 heavy (non-hydrogen) atoms. The van der Waals surface area contributed by atoms with Gasteiger partial charge < -0.3 is 4.74 Å². The van der Waals surface area contributed by atoms with Gasteiger partial charge in [-0.1, -0.05) is 19.4 Å². The maximum absolute atomic E-state index is 12.2. The lowest BCUT2D eigenvalue weighted by molar-refractivity contribution is -0.135. The number of methoxy groups -OCH3 is 1. The fourth-order valence-electron chi connectivity index (χ4n) is 1.96. The van der Waals surface area contributed by atoms with Crippen molar-refractivity contribution in [3.8, 4) is 0 Å². The minimum Gasteiger partial charge on any atom is -0.370 e. The number of hydrogen-bond acceptors (Lipinski definition) is 2. The summed E-state index contributed by atoms with van der Waals surface area (Å²) in [6, 6.07) is 0. The zero-order chi connectivity index (χ0) is 11.3. The van der Waals surface area contributed by atoms with Crippen LogP contribution in [0.1, 0.15) is 52.4 Å². The van der Waals surface area contributed by atoms with E-state index in [2.05, 4.69) is 6.08 Å². The van der Waals surface area contributed by atoms with Crippen molar-refractivity contribution in [3.63, 3.8) is 0 Å². The van der Waals surface area contributed by atoms with Gasteiger partial charge in [-0.05, 0) is 44.6 Å². The van der Waals surface area contributed by atoms with Crippen LogP contribution in [-0.2, 0) is 9.53 Å². The van der Waals surface area contributed by atoms with Gasteiger partial charge in [-0.15, -0.1) is 0 Å². The normalized spacial score (nSPS) is 21.4. The van der Waals surface area contributed by atoms with Crippen LogP contribution < -0.4 is 0 Å². The number of carbonyl (C=O) groups is 1. The molecule has 0 radical (unpaired) electrons. The molecule has 0 aliphatic heterocycles. The molecule has 86 valence electrons. The Balaban J connectivity index is 2.77. The number of ether oxygens (including phenoxy) is 1. The molecule has 0 N–H and O–H groups in total. The van der Waals surface area contributed by atoms with Crippen molar-refractivity contribution < 1.29 is 9.53 Å². The Hall–Kier alpha value is -0.630. The SMILES string of the molecule is CCC(C)(OC)C(=O)C1=CCCCCC1. The smallest absolute Gasteiger partial charge is 0.189 e. The standard InChI is InChI=1S/C13H22O2/c1-4-13(2,15-3)12(14)11-9-7-5-6-8-10-11/h9H,4-8,10H2,1-3H3. The largest absolute Gasteiger partial charge is 0.370 e. The molecule has 1 atom stereocenters. The molecule has 0 amide bonds. The van der Waals surface area contributed by atoms with Gasteiger partial charge in [-0.25, -0.2) is 0 Å². The predicted molar refractivity (Wildman–Crippen MR) is 61.9 cm³/mol. The van der Waals surface area contributed by atoms with E-state index in [1.165, 1.54) is 12.8 Å². The van der Waals surface area contributed by atoms with Gasteiger partial charge in [0.1, 0.15) is 5.60 Å². The number of allylic oxidation sites excluding steroid dienone is 1. The van der Waals surface area contributed by atoms with E-state index in [0.717, 1.165) is 31.3 Å². The van der Waals surface area contributed by atoms with Crippen LogP contribution in [0.3, 0.4) is 0 Å². The number of hydrogen-bond donors (Lipinski definition) is 0. The van der Waals surface area contributed by atoms with Crippen LogP contribution in [0.25, 0.3) is 0 Å². The summed E-state index contributed by atoms with van der Waals surface area (Å²) in [5.41, 5.74) is 0.370. The van der Waals surface area contributed by atoms with Crippen molar-refractivity contribution in [2.75, 3.05) is 7.11 Å². The minimum absolute atomic E-state index is 0.189. The second-order valence-electron chi connectivity index (χ2n) is 4.45. The van der Waals surface area contributed by atoms with Crippen LogP contribution in [0.5, 0.6) is 0 Å². The van der Waals surface area contributed by atoms with E-state index in [1.54, 1.807) is 7.11 Å². The summed E-state index contributed by atoms with van der Waals surface area (Å²) >= 11 is 0. The number of carbonyl (C=O) groups excluding carboxylic acids is 1. The first-order valence-corrected chi connectivity index (χ1v) is 5.93. The minimum atomic E-state index is -0.615. The predicted octanol–water partition coefficient (Wildman–Crippen LogP) is 3.26. The Labute approximate surface area is 92.7 Å². The molecule has 0 aromatic carbocycles. The number of Topliss-reactive ketones (excluding diaryl/α,β-unsaturated/α-hetero) is 1. The second-order valence-corrected chi connectivity index (χ2v) is 4.45. The molecular formula is C13H22O2. The average Bonchev–Trinajstić information content (AvgIpc) is 2.55. The third kappa shape index (κ3) is 2.91. The van der Waals surface area contributed by atoms with E-state index in [-0.39, 0.29) is 5.78 Å². The fraction of sp³-hybridized carbons (Fsp3) is 0.769. The summed E-state index contributed by atoms with van der Waals surface area (Å²) in [5.74, 6) is 0.189. The summed E-state index contributed by atoms with van der Waals surface area (Å²) < 4.78 is 5.35. The Bertz CT molecular complexity index is 249. The van der Waals surface area contributed by atoms with Gasteiger partial charge in [-0.2, -0.15) is 0 Å². The topological polar surface area (TPSA) is 26.3 Å². The quantitative estimate of drug-likeness (QED) is 0.712. The number of rotatable bonds is 4. The first kappa shape index (κ1) is 12.4. The summed E-state index contributed by atoms with van der Waals surface area (Å²) in [4.78, 5) is 12.2.